The van der Waals surface area contributed by atoms with Crippen molar-refractivity contribution in [2.75, 3.05) is 24.6 Å². The fourth-order valence-electron chi connectivity index (χ4n) is 1.45. The first-order valence-corrected chi connectivity index (χ1v) is 5.99. The van der Waals surface area contributed by atoms with Crippen molar-refractivity contribution in [3.63, 3.8) is 0 Å². The lowest BCUT2D eigenvalue weighted by Gasteiger charge is -2.17. The van der Waals surface area contributed by atoms with E-state index in [1.165, 1.54) is 0 Å². The van der Waals surface area contributed by atoms with Gasteiger partial charge in [-0.15, -0.1) is 0 Å². The molecule has 1 unspecified atom stereocenters. The number of nitrogen functional groups attached to an aromatic ring is 1. The molecule has 0 radical (unpaired) electrons. The van der Waals surface area contributed by atoms with Gasteiger partial charge in [-0.1, -0.05) is 13.8 Å². The van der Waals surface area contributed by atoms with Gasteiger partial charge in [0, 0.05) is 19.2 Å². The SMILES string of the molecule is CNC(=O)c1ccc(N)c(NCC(O)C(C)C)c1. The van der Waals surface area contributed by atoms with Crippen LogP contribution in [0.15, 0.2) is 18.2 Å². The molecule has 5 N–H and O–H groups in total. The van der Waals surface area contributed by atoms with Gasteiger partial charge in [-0.2, -0.15) is 0 Å². The smallest absolute Gasteiger partial charge is 0.251 e. The van der Waals surface area contributed by atoms with Crippen molar-refractivity contribution in [3.05, 3.63) is 23.8 Å². The molecule has 0 saturated heterocycles. The molecule has 0 heterocycles. The van der Waals surface area contributed by atoms with Gasteiger partial charge in [0.05, 0.1) is 17.5 Å². The zero-order chi connectivity index (χ0) is 13.7. The summed E-state index contributed by atoms with van der Waals surface area (Å²) in [5, 5.41) is 15.3. The van der Waals surface area contributed by atoms with Crippen molar-refractivity contribution in [2.24, 2.45) is 5.92 Å². The number of benzene rings is 1. The Morgan fingerprint density at radius 1 is 1.44 bits per heavy atom. The first kappa shape index (κ1) is 14.3. The third-order valence-electron chi connectivity index (χ3n) is 2.81. The van der Waals surface area contributed by atoms with Gasteiger partial charge in [-0.3, -0.25) is 4.79 Å². The van der Waals surface area contributed by atoms with Crippen LogP contribution in [0.4, 0.5) is 11.4 Å². The third-order valence-corrected chi connectivity index (χ3v) is 2.81. The quantitative estimate of drug-likeness (QED) is 0.589. The lowest BCUT2D eigenvalue weighted by atomic mass is 10.1. The topological polar surface area (TPSA) is 87.4 Å². The van der Waals surface area contributed by atoms with E-state index >= 15 is 0 Å². The predicted octanol–water partition coefficient (Wildman–Crippen LogP) is 1.06. The number of anilines is 2. The summed E-state index contributed by atoms with van der Waals surface area (Å²) >= 11 is 0. The highest BCUT2D eigenvalue weighted by Crippen LogP contribution is 2.20. The summed E-state index contributed by atoms with van der Waals surface area (Å²) in [4.78, 5) is 11.5. The van der Waals surface area contributed by atoms with Gasteiger partial charge in [0.1, 0.15) is 0 Å². The van der Waals surface area contributed by atoms with E-state index in [9.17, 15) is 9.90 Å². The van der Waals surface area contributed by atoms with E-state index in [4.69, 9.17) is 5.73 Å². The van der Waals surface area contributed by atoms with Crippen molar-refractivity contribution in [3.8, 4) is 0 Å². The number of hydrogen-bond acceptors (Lipinski definition) is 4. The van der Waals surface area contributed by atoms with E-state index in [2.05, 4.69) is 10.6 Å². The number of rotatable bonds is 5. The van der Waals surface area contributed by atoms with E-state index in [0.717, 1.165) is 0 Å². The normalized spacial score (nSPS) is 12.3. The van der Waals surface area contributed by atoms with E-state index in [1.807, 2.05) is 13.8 Å². The van der Waals surface area contributed by atoms with Crippen molar-refractivity contribution < 1.29 is 9.90 Å². The maximum atomic E-state index is 11.5. The van der Waals surface area contributed by atoms with E-state index in [-0.39, 0.29) is 11.8 Å². The van der Waals surface area contributed by atoms with E-state index in [1.54, 1.807) is 25.2 Å². The molecular weight excluding hydrogens is 230 g/mol. The van der Waals surface area contributed by atoms with Gasteiger partial charge >= 0.3 is 0 Å². The number of hydrogen-bond donors (Lipinski definition) is 4. The maximum absolute atomic E-state index is 11.5. The number of amides is 1. The lowest BCUT2D eigenvalue weighted by Crippen LogP contribution is -2.25. The summed E-state index contributed by atoms with van der Waals surface area (Å²) < 4.78 is 0. The predicted molar refractivity (Wildman–Crippen MR) is 73.6 cm³/mol. The fraction of sp³-hybridized carbons (Fsp3) is 0.462. The zero-order valence-electron chi connectivity index (χ0n) is 11.0. The second kappa shape index (κ2) is 6.26. The molecule has 1 rings (SSSR count). The molecule has 0 fully saturated rings. The third kappa shape index (κ3) is 3.63. The first-order valence-electron chi connectivity index (χ1n) is 5.99. The standard InChI is InChI=1S/C13H21N3O2/c1-8(2)12(17)7-16-11-6-9(13(18)15-3)4-5-10(11)14/h4-6,8,12,16-17H,7,14H2,1-3H3,(H,15,18). The van der Waals surface area contributed by atoms with Crippen LogP contribution in [0, 0.1) is 5.92 Å². The molecule has 0 aliphatic rings. The Morgan fingerprint density at radius 2 is 2.11 bits per heavy atom. The molecule has 5 heteroatoms. The molecule has 1 atom stereocenters. The van der Waals surface area contributed by atoms with Crippen LogP contribution >= 0.6 is 0 Å². The molecule has 0 bridgehead atoms. The molecule has 0 aromatic heterocycles. The Morgan fingerprint density at radius 3 is 2.67 bits per heavy atom. The van der Waals surface area contributed by atoms with Crippen LogP contribution in [0.5, 0.6) is 0 Å². The van der Waals surface area contributed by atoms with Crippen LogP contribution in [-0.4, -0.2) is 30.7 Å². The van der Waals surface area contributed by atoms with Crippen molar-refractivity contribution in [1.29, 1.82) is 0 Å². The van der Waals surface area contributed by atoms with Crippen LogP contribution in [0.2, 0.25) is 0 Å². The van der Waals surface area contributed by atoms with E-state index in [0.29, 0.717) is 23.5 Å². The Labute approximate surface area is 107 Å². The Bertz CT molecular complexity index is 419. The van der Waals surface area contributed by atoms with Crippen molar-refractivity contribution in [2.45, 2.75) is 20.0 Å². The zero-order valence-corrected chi connectivity index (χ0v) is 11.0. The average molecular weight is 251 g/mol. The monoisotopic (exact) mass is 251 g/mol. The molecule has 5 nitrogen and oxygen atoms in total. The van der Waals surface area contributed by atoms with Crippen LogP contribution in [0.1, 0.15) is 24.2 Å². The van der Waals surface area contributed by atoms with E-state index < -0.39 is 6.10 Å². The van der Waals surface area contributed by atoms with Gasteiger partial charge in [0.25, 0.3) is 5.91 Å². The van der Waals surface area contributed by atoms with Gasteiger partial charge < -0.3 is 21.5 Å². The first-order chi connectivity index (χ1) is 8.45. The second-order valence-electron chi connectivity index (χ2n) is 4.57. The minimum Gasteiger partial charge on any atom is -0.397 e. The Kier molecular flexibility index (Phi) is 4.97. The number of aliphatic hydroxyl groups is 1. The molecule has 18 heavy (non-hydrogen) atoms. The molecule has 0 aliphatic carbocycles. The highest BCUT2D eigenvalue weighted by Gasteiger charge is 2.11. The Balaban J connectivity index is 2.78. The van der Waals surface area contributed by atoms with Gasteiger partial charge in [-0.25, -0.2) is 0 Å². The largest absolute Gasteiger partial charge is 0.397 e. The van der Waals surface area contributed by atoms with Gasteiger partial charge in [0.15, 0.2) is 0 Å². The summed E-state index contributed by atoms with van der Waals surface area (Å²) in [6.45, 7) is 4.28. The summed E-state index contributed by atoms with van der Waals surface area (Å²) in [6, 6.07) is 5.02. The highest BCUT2D eigenvalue weighted by atomic mass is 16.3. The van der Waals surface area contributed by atoms with Crippen LogP contribution < -0.4 is 16.4 Å². The number of aliphatic hydroxyl groups excluding tert-OH is 1. The van der Waals surface area contributed by atoms with Gasteiger partial charge in [-0.05, 0) is 24.1 Å². The Hall–Kier alpha value is -1.75. The number of carbonyl (C=O) groups is 1. The molecular formula is C13H21N3O2. The minimum absolute atomic E-state index is 0.164. The van der Waals surface area contributed by atoms with Gasteiger partial charge in [0.2, 0.25) is 0 Å². The molecule has 0 saturated carbocycles. The number of nitrogens with two attached hydrogens (primary N) is 1. The molecule has 1 amide bonds. The molecule has 0 aliphatic heterocycles. The van der Waals surface area contributed by atoms with Crippen LogP contribution in [-0.2, 0) is 0 Å². The summed E-state index contributed by atoms with van der Waals surface area (Å²) in [6.07, 6.45) is -0.451. The molecule has 1 aromatic carbocycles. The lowest BCUT2D eigenvalue weighted by molar-refractivity contribution is 0.0963. The van der Waals surface area contributed by atoms with Crippen molar-refractivity contribution >= 4 is 17.3 Å². The second-order valence-corrected chi connectivity index (χ2v) is 4.57. The minimum atomic E-state index is -0.451. The number of carbonyl (C=O) groups excluding carboxylic acids is 1. The summed E-state index contributed by atoms with van der Waals surface area (Å²) in [5.74, 6) is 0.00306. The maximum Gasteiger partial charge on any atom is 0.251 e. The van der Waals surface area contributed by atoms with Crippen LogP contribution in [0.3, 0.4) is 0 Å². The van der Waals surface area contributed by atoms with Crippen LogP contribution in [0.25, 0.3) is 0 Å². The van der Waals surface area contributed by atoms with Crippen molar-refractivity contribution in [1.82, 2.24) is 5.32 Å². The molecule has 0 spiro atoms. The molecule has 1 aromatic rings. The summed E-state index contributed by atoms with van der Waals surface area (Å²) in [7, 11) is 1.58. The number of nitrogens with one attached hydrogen (secondary N) is 2. The highest BCUT2D eigenvalue weighted by molar-refractivity contribution is 5.96. The molecule has 100 valence electrons. The summed E-state index contributed by atoms with van der Waals surface area (Å²) in [5.41, 5.74) is 7.57. The fourth-order valence-corrected chi connectivity index (χ4v) is 1.45. The average Bonchev–Trinajstić information content (AvgIpc) is 2.36.